The van der Waals surface area contributed by atoms with E-state index in [4.69, 9.17) is 0 Å². The number of non-ortho nitro benzene ring substituents is 1. The van der Waals surface area contributed by atoms with Gasteiger partial charge in [-0.15, -0.1) is 11.3 Å². The first kappa shape index (κ1) is 14.0. The standard InChI is InChI=1S/C13H13BrN2O2S/c1-8-3-4-10(16(17)18)7-11(8)15-9(2)12-5-6-13(14)19-12/h3-7,9,15H,1-2H3. The van der Waals surface area contributed by atoms with Crippen molar-refractivity contribution in [3.63, 3.8) is 0 Å². The van der Waals surface area contributed by atoms with Crippen LogP contribution in [0.4, 0.5) is 11.4 Å². The summed E-state index contributed by atoms with van der Waals surface area (Å²) in [5, 5.41) is 14.1. The second-order valence-corrected chi connectivity index (χ2v) is 6.76. The first-order valence-corrected chi connectivity index (χ1v) is 7.35. The lowest BCUT2D eigenvalue weighted by Crippen LogP contribution is -2.06. The SMILES string of the molecule is Cc1ccc([N+](=O)[O-])cc1NC(C)c1ccc(Br)s1. The fourth-order valence-corrected chi connectivity index (χ4v) is 3.17. The van der Waals surface area contributed by atoms with Gasteiger partial charge in [-0.1, -0.05) is 6.07 Å². The zero-order valence-corrected chi connectivity index (χ0v) is 12.9. The number of nitro groups is 1. The van der Waals surface area contributed by atoms with Crippen molar-refractivity contribution in [2.75, 3.05) is 5.32 Å². The number of anilines is 1. The molecule has 0 spiro atoms. The Labute approximate surface area is 123 Å². The second kappa shape index (κ2) is 5.71. The van der Waals surface area contributed by atoms with Crippen molar-refractivity contribution >= 4 is 38.6 Å². The third-order valence-electron chi connectivity index (χ3n) is 2.82. The van der Waals surface area contributed by atoms with Crippen LogP contribution >= 0.6 is 27.3 Å². The van der Waals surface area contributed by atoms with Crippen LogP contribution in [0.25, 0.3) is 0 Å². The molecule has 1 aromatic carbocycles. The number of rotatable bonds is 4. The molecule has 2 aromatic rings. The van der Waals surface area contributed by atoms with Gasteiger partial charge in [0.05, 0.1) is 14.8 Å². The molecule has 19 heavy (non-hydrogen) atoms. The van der Waals surface area contributed by atoms with Crippen LogP contribution in [0.3, 0.4) is 0 Å². The van der Waals surface area contributed by atoms with Crippen LogP contribution in [0.5, 0.6) is 0 Å². The molecule has 1 aromatic heterocycles. The van der Waals surface area contributed by atoms with Crippen molar-refractivity contribution in [2.45, 2.75) is 19.9 Å². The Morgan fingerprint density at radius 2 is 2.11 bits per heavy atom. The summed E-state index contributed by atoms with van der Waals surface area (Å²) in [6.07, 6.45) is 0. The van der Waals surface area contributed by atoms with Gasteiger partial charge in [0, 0.05) is 22.7 Å². The monoisotopic (exact) mass is 340 g/mol. The number of aryl methyl sites for hydroxylation is 1. The molecular weight excluding hydrogens is 328 g/mol. The van der Waals surface area contributed by atoms with E-state index < -0.39 is 0 Å². The van der Waals surface area contributed by atoms with Gasteiger partial charge >= 0.3 is 0 Å². The lowest BCUT2D eigenvalue weighted by atomic mass is 10.1. The highest BCUT2D eigenvalue weighted by Gasteiger charge is 2.12. The predicted molar refractivity (Wildman–Crippen MR) is 81.9 cm³/mol. The molecular formula is C13H13BrN2O2S. The molecule has 4 nitrogen and oxygen atoms in total. The zero-order chi connectivity index (χ0) is 14.0. The highest BCUT2D eigenvalue weighted by molar-refractivity contribution is 9.11. The van der Waals surface area contributed by atoms with Crippen LogP contribution in [0, 0.1) is 17.0 Å². The summed E-state index contributed by atoms with van der Waals surface area (Å²) in [4.78, 5) is 11.6. The Morgan fingerprint density at radius 1 is 1.37 bits per heavy atom. The number of benzene rings is 1. The topological polar surface area (TPSA) is 55.2 Å². The quantitative estimate of drug-likeness (QED) is 0.636. The number of nitrogens with one attached hydrogen (secondary N) is 1. The fourth-order valence-electron chi connectivity index (χ4n) is 1.74. The Morgan fingerprint density at radius 3 is 2.68 bits per heavy atom. The number of nitro benzene ring substituents is 1. The highest BCUT2D eigenvalue weighted by atomic mass is 79.9. The van der Waals surface area contributed by atoms with Gasteiger partial charge in [-0.3, -0.25) is 10.1 Å². The van der Waals surface area contributed by atoms with Gasteiger partial charge < -0.3 is 5.32 Å². The van der Waals surface area contributed by atoms with Crippen molar-refractivity contribution in [3.05, 3.63) is 54.7 Å². The minimum absolute atomic E-state index is 0.104. The normalized spacial score (nSPS) is 12.2. The first-order valence-electron chi connectivity index (χ1n) is 5.74. The van der Waals surface area contributed by atoms with Crippen molar-refractivity contribution in [1.29, 1.82) is 0 Å². The molecule has 100 valence electrons. The van der Waals surface area contributed by atoms with Gasteiger partial charge in [0.25, 0.3) is 5.69 Å². The lowest BCUT2D eigenvalue weighted by Gasteiger charge is -2.15. The molecule has 1 atom stereocenters. The van der Waals surface area contributed by atoms with Crippen LogP contribution in [0.1, 0.15) is 23.4 Å². The summed E-state index contributed by atoms with van der Waals surface area (Å²) in [5.41, 5.74) is 1.90. The molecule has 0 fully saturated rings. The molecule has 0 aliphatic carbocycles. The Balaban J connectivity index is 2.22. The number of halogens is 1. The second-order valence-electron chi connectivity index (χ2n) is 4.26. The van der Waals surface area contributed by atoms with Gasteiger partial charge in [-0.25, -0.2) is 0 Å². The van der Waals surface area contributed by atoms with Gasteiger partial charge in [-0.05, 0) is 47.5 Å². The molecule has 1 N–H and O–H groups in total. The third kappa shape index (κ3) is 3.33. The average molecular weight is 341 g/mol. The van der Waals surface area contributed by atoms with Crippen LogP contribution in [0.2, 0.25) is 0 Å². The van der Waals surface area contributed by atoms with Crippen molar-refractivity contribution < 1.29 is 4.92 Å². The van der Waals surface area contributed by atoms with Crippen LogP contribution in [0.15, 0.2) is 34.1 Å². The van der Waals surface area contributed by atoms with E-state index in [2.05, 4.69) is 21.2 Å². The van der Waals surface area contributed by atoms with Crippen molar-refractivity contribution in [1.82, 2.24) is 0 Å². The van der Waals surface area contributed by atoms with E-state index in [1.54, 1.807) is 23.5 Å². The molecule has 6 heteroatoms. The largest absolute Gasteiger partial charge is 0.377 e. The minimum atomic E-state index is -0.378. The first-order chi connectivity index (χ1) is 8.97. The lowest BCUT2D eigenvalue weighted by molar-refractivity contribution is -0.384. The van der Waals surface area contributed by atoms with E-state index in [0.717, 1.165) is 15.0 Å². The smallest absolute Gasteiger partial charge is 0.271 e. The number of nitrogens with zero attached hydrogens (tertiary/aromatic N) is 1. The zero-order valence-electron chi connectivity index (χ0n) is 10.5. The molecule has 1 heterocycles. The third-order valence-corrected chi connectivity index (χ3v) is 4.63. The number of hydrogen-bond acceptors (Lipinski definition) is 4. The summed E-state index contributed by atoms with van der Waals surface area (Å²) < 4.78 is 1.08. The van der Waals surface area contributed by atoms with Crippen molar-refractivity contribution in [2.24, 2.45) is 0 Å². The van der Waals surface area contributed by atoms with E-state index in [-0.39, 0.29) is 16.7 Å². The van der Waals surface area contributed by atoms with E-state index in [0.29, 0.717) is 0 Å². The van der Waals surface area contributed by atoms with E-state index >= 15 is 0 Å². The molecule has 0 bridgehead atoms. The number of thiophene rings is 1. The highest BCUT2D eigenvalue weighted by Crippen LogP contribution is 2.31. The Kier molecular flexibility index (Phi) is 4.21. The molecule has 0 saturated carbocycles. The van der Waals surface area contributed by atoms with Crippen molar-refractivity contribution in [3.8, 4) is 0 Å². The number of hydrogen-bond donors (Lipinski definition) is 1. The fraction of sp³-hybridized carbons (Fsp3) is 0.231. The summed E-state index contributed by atoms with van der Waals surface area (Å²) in [7, 11) is 0. The molecule has 0 saturated heterocycles. The van der Waals surface area contributed by atoms with Crippen LogP contribution < -0.4 is 5.32 Å². The van der Waals surface area contributed by atoms with E-state index in [1.807, 2.05) is 26.0 Å². The maximum absolute atomic E-state index is 10.8. The average Bonchev–Trinajstić information content (AvgIpc) is 2.78. The van der Waals surface area contributed by atoms with Gasteiger partial charge in [-0.2, -0.15) is 0 Å². The molecule has 2 rings (SSSR count). The molecule has 0 aliphatic rings. The Hall–Kier alpha value is -1.40. The van der Waals surface area contributed by atoms with Gasteiger partial charge in [0.15, 0.2) is 0 Å². The van der Waals surface area contributed by atoms with E-state index in [1.165, 1.54) is 10.9 Å². The van der Waals surface area contributed by atoms with E-state index in [9.17, 15) is 10.1 Å². The molecule has 0 aliphatic heterocycles. The van der Waals surface area contributed by atoms with Gasteiger partial charge in [0.2, 0.25) is 0 Å². The minimum Gasteiger partial charge on any atom is -0.377 e. The summed E-state index contributed by atoms with van der Waals surface area (Å²) in [6.45, 7) is 3.97. The molecule has 1 unspecified atom stereocenters. The molecule has 0 radical (unpaired) electrons. The molecule has 0 amide bonds. The summed E-state index contributed by atoms with van der Waals surface area (Å²) >= 11 is 5.08. The summed E-state index contributed by atoms with van der Waals surface area (Å²) in [5.74, 6) is 0. The summed E-state index contributed by atoms with van der Waals surface area (Å²) in [6, 6.07) is 9.01. The van der Waals surface area contributed by atoms with Crippen LogP contribution in [-0.2, 0) is 0 Å². The maximum Gasteiger partial charge on any atom is 0.271 e. The predicted octanol–water partition coefficient (Wildman–Crippen LogP) is 4.90. The van der Waals surface area contributed by atoms with Gasteiger partial charge in [0.1, 0.15) is 0 Å². The Bertz CT molecular complexity index is 612. The van der Waals surface area contributed by atoms with Crippen LogP contribution in [-0.4, -0.2) is 4.92 Å². The maximum atomic E-state index is 10.8.